The predicted molar refractivity (Wildman–Crippen MR) is 84.8 cm³/mol. The van der Waals surface area contributed by atoms with Crippen LogP contribution in [0.2, 0.25) is 0 Å². The van der Waals surface area contributed by atoms with Crippen molar-refractivity contribution in [3.05, 3.63) is 59.5 Å². The molecule has 2 aromatic carbocycles. The Morgan fingerprint density at radius 2 is 2.00 bits per heavy atom. The second-order valence-corrected chi connectivity index (χ2v) is 5.50. The Hall–Kier alpha value is -2.33. The zero-order valence-corrected chi connectivity index (χ0v) is 12.3. The highest BCUT2D eigenvalue weighted by molar-refractivity contribution is 5.76. The number of anilines is 1. The number of hydrogen-bond donors (Lipinski definition) is 1. The second-order valence-electron chi connectivity index (χ2n) is 5.50. The van der Waals surface area contributed by atoms with E-state index in [1.807, 2.05) is 18.2 Å². The van der Waals surface area contributed by atoms with Crippen LogP contribution in [0.15, 0.2) is 46.9 Å². The average molecular weight is 281 g/mol. The molecule has 108 valence electrons. The molecule has 0 atom stereocenters. The molecule has 0 aliphatic rings. The third kappa shape index (κ3) is 3.23. The van der Waals surface area contributed by atoms with Crippen LogP contribution in [-0.4, -0.2) is 16.9 Å². The molecule has 0 radical (unpaired) electrons. The molecule has 2 N–H and O–H groups in total. The summed E-state index contributed by atoms with van der Waals surface area (Å²) in [4.78, 5) is 6.67. The van der Waals surface area contributed by atoms with Gasteiger partial charge in [0.05, 0.1) is 6.54 Å². The summed E-state index contributed by atoms with van der Waals surface area (Å²) in [5.74, 6) is 0.714. The summed E-state index contributed by atoms with van der Waals surface area (Å²) < 4.78 is 5.75. The summed E-state index contributed by atoms with van der Waals surface area (Å²) in [6.07, 6.45) is 0. The molecule has 0 unspecified atom stereocenters. The normalized spacial score (nSPS) is 11.4. The number of aromatic nitrogens is 1. The predicted octanol–water partition coefficient (Wildman–Crippen LogP) is 3.35. The topological polar surface area (TPSA) is 55.3 Å². The third-order valence-electron chi connectivity index (χ3n) is 3.40. The molecular formula is C17H19N3O. The van der Waals surface area contributed by atoms with Gasteiger partial charge in [0.1, 0.15) is 5.52 Å². The summed E-state index contributed by atoms with van der Waals surface area (Å²) in [6, 6.07) is 14.1. The van der Waals surface area contributed by atoms with Gasteiger partial charge in [-0.15, -0.1) is 0 Å². The number of fused-ring (bicyclic) bond motifs is 1. The van der Waals surface area contributed by atoms with Crippen molar-refractivity contribution in [2.24, 2.45) is 0 Å². The van der Waals surface area contributed by atoms with Gasteiger partial charge in [0.15, 0.2) is 5.58 Å². The first kappa shape index (κ1) is 13.6. The number of nitrogen functional groups attached to an aromatic ring is 1. The van der Waals surface area contributed by atoms with Crippen molar-refractivity contribution in [3.8, 4) is 0 Å². The van der Waals surface area contributed by atoms with Crippen molar-refractivity contribution in [3.63, 3.8) is 0 Å². The van der Waals surface area contributed by atoms with Gasteiger partial charge < -0.3 is 10.2 Å². The summed E-state index contributed by atoms with van der Waals surface area (Å²) in [7, 11) is 2.06. The van der Waals surface area contributed by atoms with Gasteiger partial charge in [0, 0.05) is 18.3 Å². The molecule has 0 fully saturated rings. The molecule has 4 nitrogen and oxygen atoms in total. The first-order chi connectivity index (χ1) is 10.1. The van der Waals surface area contributed by atoms with Gasteiger partial charge in [-0.05, 0) is 31.7 Å². The van der Waals surface area contributed by atoms with Crippen LogP contribution in [0.1, 0.15) is 17.0 Å². The minimum atomic E-state index is 0.669. The first-order valence-corrected chi connectivity index (χ1v) is 6.99. The van der Waals surface area contributed by atoms with Gasteiger partial charge in [0.2, 0.25) is 5.89 Å². The fourth-order valence-corrected chi connectivity index (χ4v) is 2.47. The van der Waals surface area contributed by atoms with E-state index in [0.717, 1.165) is 17.6 Å². The Labute approximate surface area is 124 Å². The quantitative estimate of drug-likeness (QED) is 0.745. The minimum absolute atomic E-state index is 0.669. The molecular weight excluding hydrogens is 262 g/mol. The Bertz CT molecular complexity index is 764. The van der Waals surface area contributed by atoms with E-state index in [0.29, 0.717) is 18.1 Å². The maximum Gasteiger partial charge on any atom is 0.209 e. The van der Waals surface area contributed by atoms with E-state index < -0.39 is 0 Å². The number of oxazole rings is 1. The molecule has 0 saturated heterocycles. The van der Waals surface area contributed by atoms with Crippen LogP contribution < -0.4 is 5.73 Å². The zero-order chi connectivity index (χ0) is 14.8. The van der Waals surface area contributed by atoms with Gasteiger partial charge in [-0.3, -0.25) is 4.90 Å². The highest BCUT2D eigenvalue weighted by Crippen LogP contribution is 2.19. The minimum Gasteiger partial charge on any atom is -0.439 e. The van der Waals surface area contributed by atoms with Gasteiger partial charge >= 0.3 is 0 Å². The van der Waals surface area contributed by atoms with Crippen LogP contribution in [0.5, 0.6) is 0 Å². The lowest BCUT2D eigenvalue weighted by Crippen LogP contribution is -2.17. The molecule has 3 aromatic rings. The number of nitrogens with zero attached hydrogens (tertiary/aromatic N) is 2. The Morgan fingerprint density at radius 1 is 1.14 bits per heavy atom. The summed E-state index contributed by atoms with van der Waals surface area (Å²) >= 11 is 0. The molecule has 4 heteroatoms. The van der Waals surface area contributed by atoms with Crippen LogP contribution in [0, 0.1) is 6.92 Å². The Morgan fingerprint density at radius 3 is 2.81 bits per heavy atom. The zero-order valence-electron chi connectivity index (χ0n) is 12.3. The van der Waals surface area contributed by atoms with Crippen molar-refractivity contribution in [1.82, 2.24) is 9.88 Å². The van der Waals surface area contributed by atoms with Crippen molar-refractivity contribution in [2.75, 3.05) is 12.8 Å². The third-order valence-corrected chi connectivity index (χ3v) is 3.40. The molecule has 0 spiro atoms. The van der Waals surface area contributed by atoms with Crippen molar-refractivity contribution < 1.29 is 4.42 Å². The van der Waals surface area contributed by atoms with Crippen LogP contribution in [0.4, 0.5) is 5.69 Å². The lowest BCUT2D eigenvalue weighted by molar-refractivity contribution is 0.285. The molecule has 0 saturated carbocycles. The van der Waals surface area contributed by atoms with Gasteiger partial charge in [-0.1, -0.05) is 29.8 Å². The second kappa shape index (κ2) is 5.58. The van der Waals surface area contributed by atoms with Crippen LogP contribution in [0.25, 0.3) is 11.1 Å². The first-order valence-electron chi connectivity index (χ1n) is 6.99. The largest absolute Gasteiger partial charge is 0.439 e. The van der Waals surface area contributed by atoms with E-state index >= 15 is 0 Å². The fraction of sp³-hybridized carbons (Fsp3) is 0.235. The van der Waals surface area contributed by atoms with Crippen molar-refractivity contribution in [2.45, 2.75) is 20.0 Å². The molecule has 1 heterocycles. The molecule has 0 amide bonds. The Kier molecular flexibility index (Phi) is 3.62. The van der Waals surface area contributed by atoms with E-state index in [-0.39, 0.29) is 0 Å². The molecule has 0 bridgehead atoms. The van der Waals surface area contributed by atoms with Crippen LogP contribution in [0.3, 0.4) is 0 Å². The summed E-state index contributed by atoms with van der Waals surface area (Å²) in [5, 5.41) is 0. The molecule has 3 rings (SSSR count). The van der Waals surface area contributed by atoms with Gasteiger partial charge in [-0.25, -0.2) is 4.98 Å². The van der Waals surface area contributed by atoms with E-state index in [9.17, 15) is 0 Å². The molecule has 0 aliphatic heterocycles. The fourth-order valence-electron chi connectivity index (χ4n) is 2.47. The monoisotopic (exact) mass is 281 g/mol. The van der Waals surface area contributed by atoms with Gasteiger partial charge in [0.25, 0.3) is 0 Å². The number of aryl methyl sites for hydroxylation is 1. The summed E-state index contributed by atoms with van der Waals surface area (Å²) in [6.45, 7) is 3.64. The molecule has 21 heavy (non-hydrogen) atoms. The standard InChI is InChI=1S/C17H19N3O/c1-12-4-3-5-13(8-12)10-20(2)11-17-19-15-7-6-14(18)9-16(15)21-17/h3-9H,10-11,18H2,1-2H3. The lowest BCUT2D eigenvalue weighted by atomic mass is 10.1. The average Bonchev–Trinajstić information content (AvgIpc) is 2.79. The van der Waals surface area contributed by atoms with Crippen LogP contribution in [-0.2, 0) is 13.1 Å². The lowest BCUT2D eigenvalue weighted by Gasteiger charge is -2.14. The summed E-state index contributed by atoms with van der Waals surface area (Å²) in [5.41, 5.74) is 10.6. The SMILES string of the molecule is Cc1cccc(CN(C)Cc2nc3ccc(N)cc3o2)c1. The van der Waals surface area contributed by atoms with Gasteiger partial charge in [-0.2, -0.15) is 0 Å². The Balaban J connectivity index is 1.72. The molecule has 0 aliphatic carbocycles. The van der Waals surface area contributed by atoms with E-state index in [2.05, 4.69) is 48.1 Å². The van der Waals surface area contributed by atoms with E-state index in [1.54, 1.807) is 0 Å². The van der Waals surface area contributed by atoms with Crippen LogP contribution >= 0.6 is 0 Å². The smallest absolute Gasteiger partial charge is 0.209 e. The van der Waals surface area contributed by atoms with E-state index in [1.165, 1.54) is 11.1 Å². The number of rotatable bonds is 4. The number of nitrogens with two attached hydrogens (primary N) is 1. The maximum absolute atomic E-state index is 5.75. The van der Waals surface area contributed by atoms with Crippen molar-refractivity contribution >= 4 is 16.8 Å². The van der Waals surface area contributed by atoms with Crippen molar-refractivity contribution in [1.29, 1.82) is 0 Å². The molecule has 1 aromatic heterocycles. The highest BCUT2D eigenvalue weighted by Gasteiger charge is 2.09. The highest BCUT2D eigenvalue weighted by atomic mass is 16.3. The maximum atomic E-state index is 5.75. The number of hydrogen-bond acceptors (Lipinski definition) is 4. The van der Waals surface area contributed by atoms with E-state index in [4.69, 9.17) is 10.2 Å². The number of benzene rings is 2.